The first kappa shape index (κ1) is 34.0. The van der Waals surface area contributed by atoms with Crippen LogP contribution in [0.2, 0.25) is 0 Å². The van der Waals surface area contributed by atoms with Gasteiger partial charge in [-0.15, -0.1) is 0 Å². The van der Waals surface area contributed by atoms with E-state index in [9.17, 15) is 9.13 Å². The third kappa shape index (κ3) is 13.3. The molecule has 4 aromatic rings. The summed E-state index contributed by atoms with van der Waals surface area (Å²) in [7, 11) is -8.92. The van der Waals surface area contributed by atoms with Gasteiger partial charge in [0.2, 0.25) is 0 Å². The van der Waals surface area contributed by atoms with Crippen LogP contribution >= 0.6 is 15.6 Å². The smallest absolute Gasteiger partial charge is 0.282 e. The maximum absolute atomic E-state index is 13.9. The van der Waals surface area contributed by atoms with E-state index in [1.165, 1.54) is 0 Å². The van der Waals surface area contributed by atoms with Crippen LogP contribution in [-0.4, -0.2) is 26.4 Å². The van der Waals surface area contributed by atoms with Gasteiger partial charge in [-0.2, -0.15) is 4.31 Å². The van der Waals surface area contributed by atoms with Crippen LogP contribution in [-0.2, 0) is 31.5 Å². The van der Waals surface area contributed by atoms with Crippen LogP contribution in [0.15, 0.2) is 146 Å². The molecule has 45 heavy (non-hydrogen) atoms. The maximum atomic E-state index is 13.9. The van der Waals surface area contributed by atoms with Crippen molar-refractivity contribution < 1.29 is 31.5 Å². The second kappa shape index (κ2) is 18.8. The van der Waals surface area contributed by atoms with Crippen molar-refractivity contribution in [3.8, 4) is 0 Å². The minimum Gasteiger partial charge on any atom is -0.282 e. The van der Waals surface area contributed by atoms with Crippen molar-refractivity contribution in [3.63, 3.8) is 0 Å². The van der Waals surface area contributed by atoms with Crippen LogP contribution in [0.25, 0.3) is 24.3 Å². The zero-order chi connectivity index (χ0) is 31.5. The fourth-order valence-electron chi connectivity index (χ4n) is 3.82. The van der Waals surface area contributed by atoms with E-state index in [0.717, 1.165) is 22.3 Å². The van der Waals surface area contributed by atoms with Crippen molar-refractivity contribution in [2.45, 2.75) is 0 Å². The fourth-order valence-corrected chi connectivity index (χ4v) is 6.78. The maximum Gasteiger partial charge on any atom is 0.484 e. The second-order valence-corrected chi connectivity index (χ2v) is 12.9. The summed E-state index contributed by atoms with van der Waals surface area (Å²) in [5, 5.41) is 0. The number of rotatable bonds is 18. The second-order valence-electron chi connectivity index (χ2n) is 9.41. The van der Waals surface area contributed by atoms with Crippen molar-refractivity contribution in [2.75, 3.05) is 26.4 Å². The molecule has 0 aromatic heterocycles. The molecule has 0 N–H and O–H groups in total. The molecule has 0 spiro atoms. The molecule has 0 fully saturated rings. The molecule has 0 amide bonds. The topological polar surface area (TPSA) is 80.3 Å². The first-order valence-electron chi connectivity index (χ1n) is 14.4. The third-order valence-electron chi connectivity index (χ3n) is 5.95. The zero-order valence-corrected chi connectivity index (χ0v) is 26.5. The molecule has 7 nitrogen and oxygen atoms in total. The lowest BCUT2D eigenvalue weighted by Crippen LogP contribution is -2.05. The Labute approximate surface area is 265 Å². The van der Waals surface area contributed by atoms with Crippen LogP contribution in [0.3, 0.4) is 0 Å². The average Bonchev–Trinajstić information content (AvgIpc) is 3.08. The van der Waals surface area contributed by atoms with E-state index in [-0.39, 0.29) is 26.4 Å². The van der Waals surface area contributed by atoms with Crippen LogP contribution in [0.4, 0.5) is 0 Å². The van der Waals surface area contributed by atoms with E-state index in [2.05, 4.69) is 0 Å². The van der Waals surface area contributed by atoms with Gasteiger partial charge >= 0.3 is 15.6 Å². The van der Waals surface area contributed by atoms with Crippen molar-refractivity contribution in [3.05, 3.63) is 168 Å². The van der Waals surface area contributed by atoms with E-state index in [0.29, 0.717) is 0 Å². The molecule has 9 heteroatoms. The Hall–Kier alpha value is -3.90. The molecule has 0 aliphatic carbocycles. The number of phosphoric ester groups is 2. The number of hydrogen-bond acceptors (Lipinski definition) is 7. The monoisotopic (exact) mass is 642 g/mol. The van der Waals surface area contributed by atoms with E-state index in [4.69, 9.17) is 22.4 Å². The molecule has 232 valence electrons. The average molecular weight is 643 g/mol. The highest BCUT2D eigenvalue weighted by Gasteiger charge is 2.40. The third-order valence-corrected chi connectivity index (χ3v) is 9.42. The summed E-state index contributed by atoms with van der Waals surface area (Å²) in [6.45, 7) is -0.570. The van der Waals surface area contributed by atoms with Gasteiger partial charge < -0.3 is 0 Å². The van der Waals surface area contributed by atoms with Gasteiger partial charge in [0.15, 0.2) is 0 Å². The number of hydrogen-bond donors (Lipinski definition) is 0. The molecule has 0 bridgehead atoms. The predicted molar refractivity (Wildman–Crippen MR) is 182 cm³/mol. The summed E-state index contributed by atoms with van der Waals surface area (Å²) >= 11 is 0. The molecule has 4 aromatic carbocycles. The van der Waals surface area contributed by atoms with Crippen molar-refractivity contribution in [1.82, 2.24) is 0 Å². The van der Waals surface area contributed by atoms with Crippen LogP contribution in [0.5, 0.6) is 0 Å². The lowest BCUT2D eigenvalue weighted by atomic mass is 10.2. The first-order valence-corrected chi connectivity index (χ1v) is 17.3. The van der Waals surface area contributed by atoms with Gasteiger partial charge in [-0.1, -0.05) is 170 Å². The molecular weight excluding hydrogens is 606 g/mol. The lowest BCUT2D eigenvalue weighted by molar-refractivity contribution is 0.131. The Kier molecular flexibility index (Phi) is 14.2. The SMILES string of the molecule is O=P(OC/C=C/c1ccccc1)(OC/C=C/c1ccccc1)OP(=O)(OC/C=C/c1ccccc1)OC/C=C/c1ccccc1. The standard InChI is InChI=1S/C36H36O7P2/c37-44(39-29-13-25-33-17-5-1-6-18-33,40-30-14-26-34-19-7-2-8-20-34)43-45(38,41-31-15-27-35-21-9-3-10-22-35)42-32-16-28-36-23-11-4-12-24-36/h1-28H,29-32H2/b25-13+,26-14+,27-15+,28-16+. The van der Waals surface area contributed by atoms with Crippen LogP contribution in [0, 0.1) is 0 Å². The van der Waals surface area contributed by atoms with Crippen molar-refractivity contribution in [1.29, 1.82) is 0 Å². The summed E-state index contributed by atoms with van der Waals surface area (Å²) in [6.07, 6.45) is 13.8. The van der Waals surface area contributed by atoms with Crippen molar-refractivity contribution in [2.24, 2.45) is 0 Å². The molecule has 0 aliphatic rings. The molecule has 0 saturated heterocycles. The quantitative estimate of drug-likeness (QED) is 0.1000. The lowest BCUT2D eigenvalue weighted by Gasteiger charge is -2.22. The number of phosphoric acid groups is 2. The van der Waals surface area contributed by atoms with Gasteiger partial charge in [0.1, 0.15) is 0 Å². The van der Waals surface area contributed by atoms with Crippen molar-refractivity contribution >= 4 is 39.9 Å². The normalized spacial score (nSPS) is 12.6. The minimum absolute atomic E-state index is 0.142. The summed E-state index contributed by atoms with van der Waals surface area (Å²) in [4.78, 5) is 0. The summed E-state index contributed by atoms with van der Waals surface area (Å²) in [5.41, 5.74) is 3.71. The highest BCUT2D eigenvalue weighted by Crippen LogP contribution is 2.66. The predicted octanol–water partition coefficient (Wildman–Crippen LogP) is 10.1. The number of benzene rings is 4. The molecule has 0 radical (unpaired) electrons. The van der Waals surface area contributed by atoms with Gasteiger partial charge in [0.25, 0.3) is 0 Å². The summed E-state index contributed by atoms with van der Waals surface area (Å²) < 4.78 is 55.5. The largest absolute Gasteiger partial charge is 0.484 e. The molecule has 0 saturated carbocycles. The Morgan fingerprint density at radius 3 is 0.822 bits per heavy atom. The highest BCUT2D eigenvalue weighted by atomic mass is 31.3. The van der Waals surface area contributed by atoms with Gasteiger partial charge in [0, 0.05) is 0 Å². The summed E-state index contributed by atoms with van der Waals surface area (Å²) in [6, 6.07) is 38.2. The van der Waals surface area contributed by atoms with Crippen LogP contribution in [0.1, 0.15) is 22.3 Å². The van der Waals surface area contributed by atoms with Gasteiger partial charge in [-0.25, -0.2) is 9.13 Å². The van der Waals surface area contributed by atoms with E-state index in [1.807, 2.05) is 121 Å². The first-order chi connectivity index (χ1) is 22.0. The van der Waals surface area contributed by atoms with Gasteiger partial charge in [-0.05, 0) is 22.3 Å². The molecule has 0 atom stereocenters. The van der Waals surface area contributed by atoms with Crippen LogP contribution < -0.4 is 0 Å². The molecule has 0 aliphatic heterocycles. The van der Waals surface area contributed by atoms with E-state index >= 15 is 0 Å². The molecule has 0 unspecified atom stereocenters. The Morgan fingerprint density at radius 1 is 0.378 bits per heavy atom. The summed E-state index contributed by atoms with van der Waals surface area (Å²) in [5.74, 6) is 0. The highest BCUT2D eigenvalue weighted by molar-refractivity contribution is 7.62. The van der Waals surface area contributed by atoms with Gasteiger partial charge in [0.05, 0.1) is 26.4 Å². The Balaban J connectivity index is 1.47. The Morgan fingerprint density at radius 2 is 0.600 bits per heavy atom. The minimum atomic E-state index is -4.46. The van der Waals surface area contributed by atoms with E-state index < -0.39 is 15.6 Å². The fraction of sp³-hybridized carbons (Fsp3) is 0.111. The Bertz CT molecular complexity index is 1380. The zero-order valence-electron chi connectivity index (χ0n) is 24.7. The van der Waals surface area contributed by atoms with E-state index in [1.54, 1.807) is 48.6 Å². The van der Waals surface area contributed by atoms with Gasteiger partial charge in [-0.3, -0.25) is 18.1 Å². The molecular formula is C36H36O7P2. The molecule has 0 heterocycles. The molecule has 4 rings (SSSR count).